The second kappa shape index (κ2) is 5.53. The van der Waals surface area contributed by atoms with E-state index in [1.807, 2.05) is 38.1 Å². The molecule has 0 saturated carbocycles. The predicted molar refractivity (Wildman–Crippen MR) is 61.1 cm³/mol. The molecule has 0 bridgehead atoms. The molecular formula is C12H12N4. The number of aromatic nitrogens is 1. The van der Waals surface area contributed by atoms with Crippen LogP contribution in [0.1, 0.15) is 19.0 Å². The average molecular weight is 212 g/mol. The van der Waals surface area contributed by atoms with Crippen LogP contribution in [-0.2, 0) is 0 Å². The Kier molecular flexibility index (Phi) is 4.06. The number of hydrogen-bond acceptors (Lipinski definition) is 4. The molecule has 1 aromatic rings. The highest BCUT2D eigenvalue weighted by Gasteiger charge is 2.05. The maximum absolute atomic E-state index is 8.77. The fraction of sp³-hybridized carbons (Fsp3) is 0.250. The van der Waals surface area contributed by atoms with Gasteiger partial charge in [0.1, 0.15) is 23.5 Å². The van der Waals surface area contributed by atoms with Gasteiger partial charge in [-0.05, 0) is 25.5 Å². The van der Waals surface area contributed by atoms with E-state index < -0.39 is 0 Å². The highest BCUT2D eigenvalue weighted by Crippen LogP contribution is 2.12. The molecule has 0 unspecified atom stereocenters. The Bertz CT molecular complexity index is 472. The molecule has 0 fully saturated rings. The van der Waals surface area contributed by atoms with Crippen molar-refractivity contribution in [2.45, 2.75) is 20.3 Å². The Labute approximate surface area is 94.9 Å². The number of hydrogen-bond donors (Lipinski definition) is 1. The number of nitrogens with one attached hydrogen (secondary N) is 1. The summed E-state index contributed by atoms with van der Waals surface area (Å²) in [6.07, 6.45) is 0.589. The van der Waals surface area contributed by atoms with Crippen molar-refractivity contribution in [3.05, 3.63) is 35.2 Å². The van der Waals surface area contributed by atoms with Gasteiger partial charge in [0.2, 0.25) is 0 Å². The Balaban J connectivity index is 3.01. The van der Waals surface area contributed by atoms with Gasteiger partial charge in [-0.1, -0.05) is 13.0 Å². The van der Waals surface area contributed by atoms with Gasteiger partial charge in [0.05, 0.1) is 0 Å². The minimum atomic E-state index is 0.103. The molecule has 0 saturated heterocycles. The summed E-state index contributed by atoms with van der Waals surface area (Å²) in [5.74, 6) is 0.653. The van der Waals surface area contributed by atoms with Crippen LogP contribution in [0.25, 0.3) is 0 Å². The molecule has 0 aliphatic carbocycles. The third-order valence-electron chi connectivity index (χ3n) is 2.05. The average Bonchev–Trinajstić information content (AvgIpc) is 2.29. The molecule has 0 spiro atoms. The molecule has 0 atom stereocenters. The van der Waals surface area contributed by atoms with E-state index in [0.29, 0.717) is 17.9 Å². The Hall–Kier alpha value is -2.33. The highest BCUT2D eigenvalue weighted by atomic mass is 15.0. The number of nitriles is 2. The molecule has 1 aromatic heterocycles. The van der Waals surface area contributed by atoms with Gasteiger partial charge in [-0.2, -0.15) is 10.5 Å². The summed E-state index contributed by atoms with van der Waals surface area (Å²) in [5, 5.41) is 20.5. The van der Waals surface area contributed by atoms with Gasteiger partial charge in [0, 0.05) is 11.4 Å². The quantitative estimate of drug-likeness (QED) is 0.781. The number of rotatable bonds is 3. The van der Waals surface area contributed by atoms with Crippen molar-refractivity contribution < 1.29 is 0 Å². The van der Waals surface area contributed by atoms with Gasteiger partial charge in [0.25, 0.3) is 0 Å². The molecular weight excluding hydrogens is 200 g/mol. The smallest absolute Gasteiger partial charge is 0.148 e. The fourth-order valence-corrected chi connectivity index (χ4v) is 1.25. The summed E-state index contributed by atoms with van der Waals surface area (Å²) in [6.45, 7) is 3.77. The lowest BCUT2D eigenvalue weighted by Crippen LogP contribution is -2.03. The van der Waals surface area contributed by atoms with E-state index in [1.165, 1.54) is 0 Å². The molecule has 0 aliphatic heterocycles. The van der Waals surface area contributed by atoms with E-state index in [-0.39, 0.29) is 5.57 Å². The minimum Gasteiger partial charge on any atom is -0.342 e. The predicted octanol–water partition coefficient (Wildman–Crippen LogP) is 2.51. The van der Waals surface area contributed by atoms with Gasteiger partial charge in [-0.3, -0.25) is 0 Å². The molecule has 16 heavy (non-hydrogen) atoms. The van der Waals surface area contributed by atoms with Crippen LogP contribution >= 0.6 is 0 Å². The monoisotopic (exact) mass is 212 g/mol. The summed E-state index contributed by atoms with van der Waals surface area (Å²) in [6, 6.07) is 9.29. The fourth-order valence-electron chi connectivity index (χ4n) is 1.25. The number of allylic oxidation sites excluding steroid dienone is 2. The molecule has 1 rings (SSSR count). The first kappa shape index (κ1) is 11.7. The van der Waals surface area contributed by atoms with Crippen molar-refractivity contribution in [3.8, 4) is 12.1 Å². The molecule has 4 nitrogen and oxygen atoms in total. The zero-order valence-corrected chi connectivity index (χ0v) is 9.28. The topological polar surface area (TPSA) is 72.5 Å². The second-order valence-corrected chi connectivity index (χ2v) is 3.22. The molecule has 4 heteroatoms. The molecule has 0 amide bonds. The van der Waals surface area contributed by atoms with Gasteiger partial charge in [-0.15, -0.1) is 0 Å². The lowest BCUT2D eigenvalue weighted by molar-refractivity contribution is 1.07. The van der Waals surface area contributed by atoms with E-state index in [0.717, 1.165) is 5.69 Å². The van der Waals surface area contributed by atoms with Crippen molar-refractivity contribution in [3.63, 3.8) is 0 Å². The van der Waals surface area contributed by atoms with Crippen LogP contribution in [0.2, 0.25) is 0 Å². The van der Waals surface area contributed by atoms with Crippen molar-refractivity contribution in [2.75, 3.05) is 5.32 Å². The molecule has 80 valence electrons. The lowest BCUT2D eigenvalue weighted by atomic mass is 10.2. The molecule has 1 N–H and O–H groups in total. The Morgan fingerprint density at radius 1 is 1.38 bits per heavy atom. The van der Waals surface area contributed by atoms with E-state index in [9.17, 15) is 0 Å². The zero-order chi connectivity index (χ0) is 12.0. The van der Waals surface area contributed by atoms with Crippen molar-refractivity contribution in [1.29, 1.82) is 10.5 Å². The van der Waals surface area contributed by atoms with Crippen LogP contribution in [0.15, 0.2) is 29.5 Å². The maximum atomic E-state index is 8.77. The second-order valence-electron chi connectivity index (χ2n) is 3.22. The molecule has 1 heterocycles. The van der Waals surface area contributed by atoms with E-state index >= 15 is 0 Å². The maximum Gasteiger partial charge on any atom is 0.148 e. The van der Waals surface area contributed by atoms with Crippen LogP contribution in [0.3, 0.4) is 0 Å². The minimum absolute atomic E-state index is 0.103. The number of anilines is 1. The highest BCUT2D eigenvalue weighted by molar-refractivity contribution is 5.50. The summed E-state index contributed by atoms with van der Waals surface area (Å²) in [5.41, 5.74) is 1.59. The largest absolute Gasteiger partial charge is 0.342 e. The number of nitrogens with zero attached hydrogens (tertiary/aromatic N) is 3. The van der Waals surface area contributed by atoms with Gasteiger partial charge < -0.3 is 5.32 Å². The van der Waals surface area contributed by atoms with Gasteiger partial charge >= 0.3 is 0 Å². The summed E-state index contributed by atoms with van der Waals surface area (Å²) in [7, 11) is 0. The Morgan fingerprint density at radius 2 is 2.06 bits per heavy atom. The van der Waals surface area contributed by atoms with E-state index in [1.54, 1.807) is 6.07 Å². The van der Waals surface area contributed by atoms with Crippen molar-refractivity contribution >= 4 is 5.82 Å². The number of aryl methyl sites for hydroxylation is 1. The molecule has 0 aromatic carbocycles. The van der Waals surface area contributed by atoms with Crippen molar-refractivity contribution in [2.24, 2.45) is 0 Å². The van der Waals surface area contributed by atoms with Gasteiger partial charge in [0.15, 0.2) is 0 Å². The third-order valence-corrected chi connectivity index (χ3v) is 2.05. The SMILES string of the molecule is CCC(Nc1cccc(C)n1)=C(C#N)C#N. The van der Waals surface area contributed by atoms with Crippen LogP contribution in [0.5, 0.6) is 0 Å². The van der Waals surface area contributed by atoms with Crippen LogP contribution in [0, 0.1) is 29.6 Å². The van der Waals surface area contributed by atoms with E-state index in [4.69, 9.17) is 10.5 Å². The standard InChI is InChI=1S/C12H12N4/c1-3-11(10(7-13)8-14)16-12-6-4-5-9(2)15-12/h4-6H,3H2,1-2H3,(H,15,16). The van der Waals surface area contributed by atoms with Gasteiger partial charge in [-0.25, -0.2) is 4.98 Å². The molecule has 0 aliphatic rings. The number of pyridine rings is 1. The third kappa shape index (κ3) is 2.83. The molecule has 0 radical (unpaired) electrons. The summed E-state index contributed by atoms with van der Waals surface area (Å²) >= 11 is 0. The summed E-state index contributed by atoms with van der Waals surface area (Å²) in [4.78, 5) is 4.25. The Morgan fingerprint density at radius 3 is 2.56 bits per heavy atom. The van der Waals surface area contributed by atoms with E-state index in [2.05, 4.69) is 10.3 Å². The van der Waals surface area contributed by atoms with Crippen molar-refractivity contribution in [1.82, 2.24) is 4.98 Å². The first-order chi connectivity index (χ1) is 7.71. The lowest BCUT2D eigenvalue weighted by Gasteiger charge is -2.08. The van der Waals surface area contributed by atoms with Crippen LogP contribution in [0.4, 0.5) is 5.82 Å². The van der Waals surface area contributed by atoms with Crippen LogP contribution < -0.4 is 5.32 Å². The van der Waals surface area contributed by atoms with Crippen LogP contribution in [-0.4, -0.2) is 4.98 Å². The zero-order valence-electron chi connectivity index (χ0n) is 9.28. The first-order valence-corrected chi connectivity index (χ1v) is 4.95. The normalized spacial score (nSPS) is 8.75. The summed E-state index contributed by atoms with van der Waals surface area (Å²) < 4.78 is 0. The first-order valence-electron chi connectivity index (χ1n) is 4.95.